The maximum absolute atomic E-state index is 12.4. The van der Waals surface area contributed by atoms with Crippen LogP contribution in [0.4, 0.5) is 4.79 Å². The third kappa shape index (κ3) is 4.23. The minimum atomic E-state index is -1.21. The van der Waals surface area contributed by atoms with Gasteiger partial charge in [-0.25, -0.2) is 9.59 Å². The average molecular weight is 433 g/mol. The standard InChI is InChI=1S/C25H23NO6/c1-31-23-11-10-15(13-22(23)27)12-21(24(28)29)26-25(30)32-14-20-18-8-4-2-6-16(18)17-7-3-5-9-19(17)20/h2-11,13,20-21,27H,12,14H2,1H3,(H,26,30)(H,28,29)/t21-/m0/s1. The van der Waals surface area contributed by atoms with Crippen LogP contribution in [0.15, 0.2) is 66.7 Å². The Balaban J connectivity index is 1.42. The Morgan fingerprint density at radius 3 is 2.19 bits per heavy atom. The number of carbonyl (C=O) groups excluding carboxylic acids is 1. The van der Waals surface area contributed by atoms with Crippen LogP contribution >= 0.6 is 0 Å². The molecule has 1 amide bonds. The molecule has 0 radical (unpaired) electrons. The Hall–Kier alpha value is -4.00. The summed E-state index contributed by atoms with van der Waals surface area (Å²) in [5.74, 6) is -1.14. The van der Waals surface area contributed by atoms with E-state index in [1.54, 1.807) is 6.07 Å². The number of carboxylic acids is 1. The van der Waals surface area contributed by atoms with Gasteiger partial charge in [-0.3, -0.25) is 0 Å². The van der Waals surface area contributed by atoms with Crippen molar-refractivity contribution in [1.29, 1.82) is 0 Å². The summed E-state index contributed by atoms with van der Waals surface area (Å²) in [6.45, 7) is 0.0928. The number of rotatable bonds is 7. The van der Waals surface area contributed by atoms with Gasteiger partial charge in [0.1, 0.15) is 12.6 Å². The van der Waals surface area contributed by atoms with Gasteiger partial charge in [0.2, 0.25) is 0 Å². The van der Waals surface area contributed by atoms with Gasteiger partial charge in [0, 0.05) is 12.3 Å². The third-order valence-electron chi connectivity index (χ3n) is 5.62. The molecule has 0 saturated carbocycles. The SMILES string of the molecule is COc1ccc(C[C@H](NC(=O)OCC2c3ccccc3-c3ccccc32)C(=O)O)cc1O. The largest absolute Gasteiger partial charge is 0.504 e. The quantitative estimate of drug-likeness (QED) is 0.521. The number of amides is 1. The second-order valence-electron chi connectivity index (χ2n) is 7.57. The molecule has 1 aliphatic carbocycles. The van der Waals surface area contributed by atoms with Gasteiger partial charge in [0.05, 0.1) is 7.11 Å². The van der Waals surface area contributed by atoms with Crippen LogP contribution in [0.2, 0.25) is 0 Å². The van der Waals surface area contributed by atoms with Crippen LogP contribution in [0.5, 0.6) is 11.5 Å². The fraction of sp³-hybridized carbons (Fsp3) is 0.200. The number of phenolic OH excluding ortho intramolecular Hbond substituents is 1. The first-order valence-electron chi connectivity index (χ1n) is 10.2. The average Bonchev–Trinajstić information content (AvgIpc) is 3.11. The highest BCUT2D eigenvalue weighted by molar-refractivity contribution is 5.81. The molecule has 3 aromatic carbocycles. The van der Waals surface area contributed by atoms with Crippen molar-refractivity contribution >= 4 is 12.1 Å². The van der Waals surface area contributed by atoms with E-state index < -0.39 is 18.1 Å². The highest BCUT2D eigenvalue weighted by atomic mass is 16.5. The number of ether oxygens (including phenoxy) is 2. The monoisotopic (exact) mass is 433 g/mol. The van der Waals surface area contributed by atoms with Gasteiger partial charge < -0.3 is 25.0 Å². The fourth-order valence-corrected chi connectivity index (χ4v) is 4.08. The Kier molecular flexibility index (Phi) is 5.98. The van der Waals surface area contributed by atoms with Gasteiger partial charge in [0.15, 0.2) is 11.5 Å². The molecule has 0 fully saturated rings. The van der Waals surface area contributed by atoms with Crippen molar-refractivity contribution in [3.63, 3.8) is 0 Å². The van der Waals surface area contributed by atoms with Gasteiger partial charge in [-0.2, -0.15) is 0 Å². The lowest BCUT2D eigenvalue weighted by Crippen LogP contribution is -2.42. The second kappa shape index (κ2) is 9.01. The second-order valence-corrected chi connectivity index (χ2v) is 7.57. The van der Waals surface area contributed by atoms with E-state index in [1.807, 2.05) is 48.5 Å². The van der Waals surface area contributed by atoms with Gasteiger partial charge in [-0.05, 0) is 39.9 Å². The Bertz CT molecular complexity index is 1110. The third-order valence-corrected chi connectivity index (χ3v) is 5.62. The van der Waals surface area contributed by atoms with Gasteiger partial charge in [-0.1, -0.05) is 54.6 Å². The van der Waals surface area contributed by atoms with Crippen LogP contribution in [0, 0.1) is 0 Å². The number of methoxy groups -OCH3 is 1. The number of aliphatic carboxylic acids is 1. The summed E-state index contributed by atoms with van der Waals surface area (Å²) >= 11 is 0. The van der Waals surface area contributed by atoms with Crippen molar-refractivity contribution in [2.24, 2.45) is 0 Å². The topological polar surface area (TPSA) is 105 Å². The summed E-state index contributed by atoms with van der Waals surface area (Å²) in [5.41, 5.74) is 4.91. The zero-order chi connectivity index (χ0) is 22.7. The van der Waals surface area contributed by atoms with Crippen molar-refractivity contribution in [3.8, 4) is 22.6 Å². The van der Waals surface area contributed by atoms with E-state index in [9.17, 15) is 19.8 Å². The van der Waals surface area contributed by atoms with Gasteiger partial charge >= 0.3 is 12.1 Å². The minimum absolute atomic E-state index is 0.0168. The zero-order valence-electron chi connectivity index (χ0n) is 17.4. The first kappa shape index (κ1) is 21.2. The van der Waals surface area contributed by atoms with Crippen LogP contribution in [0.3, 0.4) is 0 Å². The molecule has 0 aromatic heterocycles. The maximum atomic E-state index is 12.4. The van der Waals surface area contributed by atoms with E-state index in [2.05, 4.69) is 5.32 Å². The molecule has 0 saturated heterocycles. The number of carboxylic acid groups (broad SMARTS) is 1. The van der Waals surface area contributed by atoms with E-state index in [0.717, 1.165) is 22.3 Å². The molecule has 3 aromatic rings. The number of hydrogen-bond donors (Lipinski definition) is 3. The van der Waals surface area contributed by atoms with E-state index in [1.165, 1.54) is 19.2 Å². The highest BCUT2D eigenvalue weighted by Crippen LogP contribution is 2.44. The molecule has 164 valence electrons. The Morgan fingerprint density at radius 1 is 1.00 bits per heavy atom. The lowest BCUT2D eigenvalue weighted by Gasteiger charge is -2.18. The van der Waals surface area contributed by atoms with E-state index in [0.29, 0.717) is 5.56 Å². The number of hydrogen-bond acceptors (Lipinski definition) is 5. The van der Waals surface area contributed by atoms with Crippen LogP contribution in [0.25, 0.3) is 11.1 Å². The predicted octanol–water partition coefficient (Wildman–Crippen LogP) is 3.94. The number of alkyl carbamates (subject to hydrolysis) is 1. The molecule has 1 atom stereocenters. The van der Waals surface area contributed by atoms with Crippen molar-refractivity contribution < 1.29 is 29.3 Å². The molecule has 7 nitrogen and oxygen atoms in total. The molecule has 0 bridgehead atoms. The van der Waals surface area contributed by atoms with Gasteiger partial charge in [0.25, 0.3) is 0 Å². The normalized spacial score (nSPS) is 13.0. The maximum Gasteiger partial charge on any atom is 0.407 e. The number of aromatic hydroxyl groups is 1. The number of benzene rings is 3. The molecule has 32 heavy (non-hydrogen) atoms. The van der Waals surface area contributed by atoms with Crippen molar-refractivity contribution in [2.75, 3.05) is 13.7 Å². The lowest BCUT2D eigenvalue weighted by atomic mass is 9.98. The van der Waals surface area contributed by atoms with Crippen molar-refractivity contribution in [1.82, 2.24) is 5.32 Å². The number of phenols is 1. The van der Waals surface area contributed by atoms with E-state index in [4.69, 9.17) is 9.47 Å². The number of fused-ring (bicyclic) bond motifs is 3. The van der Waals surface area contributed by atoms with Crippen molar-refractivity contribution in [2.45, 2.75) is 18.4 Å². The summed E-state index contributed by atoms with van der Waals surface area (Å²) in [6, 6.07) is 19.3. The van der Waals surface area contributed by atoms with Crippen LogP contribution < -0.4 is 10.1 Å². The highest BCUT2D eigenvalue weighted by Gasteiger charge is 2.29. The smallest absolute Gasteiger partial charge is 0.407 e. The Morgan fingerprint density at radius 2 is 1.62 bits per heavy atom. The zero-order valence-corrected chi connectivity index (χ0v) is 17.4. The summed E-state index contributed by atoms with van der Waals surface area (Å²) in [4.78, 5) is 24.1. The minimum Gasteiger partial charge on any atom is -0.504 e. The molecule has 0 aliphatic heterocycles. The van der Waals surface area contributed by atoms with Crippen LogP contribution in [-0.4, -0.2) is 42.0 Å². The molecule has 0 spiro atoms. The molecule has 3 N–H and O–H groups in total. The number of nitrogens with one attached hydrogen (secondary N) is 1. The first-order valence-corrected chi connectivity index (χ1v) is 10.2. The molecule has 7 heteroatoms. The molecular weight excluding hydrogens is 410 g/mol. The Labute approximate surface area is 185 Å². The molecular formula is C25H23NO6. The summed E-state index contributed by atoms with van der Waals surface area (Å²) in [5, 5.41) is 21.9. The molecule has 0 unspecified atom stereocenters. The predicted molar refractivity (Wildman–Crippen MR) is 118 cm³/mol. The van der Waals surface area contributed by atoms with E-state index >= 15 is 0 Å². The summed E-state index contributed by atoms with van der Waals surface area (Å²) in [7, 11) is 1.42. The van der Waals surface area contributed by atoms with Gasteiger partial charge in [-0.15, -0.1) is 0 Å². The van der Waals surface area contributed by atoms with Crippen molar-refractivity contribution in [3.05, 3.63) is 83.4 Å². The molecule has 1 aliphatic rings. The van der Waals surface area contributed by atoms with Crippen LogP contribution in [-0.2, 0) is 16.0 Å². The molecule has 4 rings (SSSR count). The van der Waals surface area contributed by atoms with E-state index in [-0.39, 0.29) is 30.4 Å². The summed E-state index contributed by atoms with van der Waals surface area (Å²) < 4.78 is 10.4. The molecule has 0 heterocycles. The summed E-state index contributed by atoms with van der Waals surface area (Å²) in [6.07, 6.45) is -0.825. The fourth-order valence-electron chi connectivity index (χ4n) is 4.08. The number of carbonyl (C=O) groups is 2. The van der Waals surface area contributed by atoms with Crippen LogP contribution in [0.1, 0.15) is 22.6 Å². The lowest BCUT2D eigenvalue weighted by molar-refractivity contribution is -0.139. The first-order chi connectivity index (χ1) is 15.5.